The standard InChI is InChI=1S/CH5NO2S.CH4O3S/c2*2-1-5(3)4/h1-2H2,(H,3,4);2H,1H2,(H,3,4). The molecule has 2 atom stereocenters. The van der Waals surface area contributed by atoms with Crippen LogP contribution in [-0.4, -0.2) is 34.4 Å². The van der Waals surface area contributed by atoms with E-state index in [4.69, 9.17) is 14.2 Å². The Balaban J connectivity index is 0. The van der Waals surface area contributed by atoms with Gasteiger partial charge in [-0.2, -0.15) is 0 Å². The first-order chi connectivity index (χ1) is 4.54. The van der Waals surface area contributed by atoms with Crippen LogP contribution >= 0.6 is 0 Å². The van der Waals surface area contributed by atoms with Gasteiger partial charge in [-0.25, -0.2) is 8.42 Å². The fraction of sp³-hybridized carbons (Fsp3) is 1.00. The molecule has 0 aromatic heterocycles. The Morgan fingerprint density at radius 1 is 1.20 bits per heavy atom. The van der Waals surface area contributed by atoms with Gasteiger partial charge in [0.05, 0.1) is 5.88 Å². The van der Waals surface area contributed by atoms with Crippen molar-refractivity contribution in [3.8, 4) is 0 Å². The maximum Gasteiger partial charge on any atom is 0.179 e. The quantitative estimate of drug-likeness (QED) is 0.385. The third-order valence-electron chi connectivity index (χ3n) is 0.253. The summed E-state index contributed by atoms with van der Waals surface area (Å²) in [6.07, 6.45) is 0. The van der Waals surface area contributed by atoms with Gasteiger partial charge in [0.1, 0.15) is 5.94 Å². The molecule has 0 saturated carbocycles. The van der Waals surface area contributed by atoms with E-state index in [-0.39, 0.29) is 5.88 Å². The molecule has 0 bridgehead atoms. The van der Waals surface area contributed by atoms with Gasteiger partial charge in [0.15, 0.2) is 22.2 Å². The van der Waals surface area contributed by atoms with Crippen molar-refractivity contribution in [1.29, 1.82) is 0 Å². The lowest BCUT2D eigenvalue weighted by Crippen LogP contribution is -2.04. The minimum Gasteiger partial charge on any atom is -0.381 e. The second-order valence-electron chi connectivity index (χ2n) is 0.939. The zero-order chi connectivity index (χ0) is 8.57. The van der Waals surface area contributed by atoms with Crippen LogP contribution in [0.5, 0.6) is 0 Å². The molecule has 0 amide bonds. The fourth-order valence-corrected chi connectivity index (χ4v) is 0. The Morgan fingerprint density at radius 3 is 1.40 bits per heavy atom. The van der Waals surface area contributed by atoms with E-state index in [1.807, 2.05) is 0 Å². The van der Waals surface area contributed by atoms with Crippen LogP contribution in [0.3, 0.4) is 0 Å². The minimum atomic E-state index is -2.02. The van der Waals surface area contributed by atoms with Gasteiger partial charge in [-0.1, -0.05) is 0 Å². The van der Waals surface area contributed by atoms with Crippen molar-refractivity contribution in [2.24, 2.45) is 5.73 Å². The lowest BCUT2D eigenvalue weighted by atomic mass is 11.6. The largest absolute Gasteiger partial charge is 0.381 e. The average molecular weight is 191 g/mol. The van der Waals surface area contributed by atoms with Gasteiger partial charge in [0, 0.05) is 0 Å². The van der Waals surface area contributed by atoms with E-state index < -0.39 is 28.1 Å². The molecule has 2 unspecified atom stereocenters. The molecule has 6 nitrogen and oxygen atoms in total. The Kier molecular flexibility index (Phi) is 11.7. The maximum atomic E-state index is 9.35. The first kappa shape index (κ1) is 12.8. The van der Waals surface area contributed by atoms with Crippen LogP contribution in [0.2, 0.25) is 0 Å². The molecule has 0 radical (unpaired) electrons. The van der Waals surface area contributed by atoms with Gasteiger partial charge in [-0.15, -0.1) is 0 Å². The van der Waals surface area contributed by atoms with Crippen molar-refractivity contribution in [1.82, 2.24) is 0 Å². The summed E-state index contributed by atoms with van der Waals surface area (Å²) in [5, 5.41) is 7.59. The Hall–Kier alpha value is 0.140. The number of nitrogens with two attached hydrogens (primary N) is 1. The van der Waals surface area contributed by atoms with Gasteiger partial charge in [-0.3, -0.25) is 0 Å². The summed E-state index contributed by atoms with van der Waals surface area (Å²) in [7, 11) is 0. The monoisotopic (exact) mass is 191 g/mol. The first-order valence-corrected chi connectivity index (χ1v) is 4.55. The smallest absolute Gasteiger partial charge is 0.179 e. The second kappa shape index (κ2) is 9.14. The van der Waals surface area contributed by atoms with Crippen LogP contribution < -0.4 is 5.73 Å². The molecule has 8 heteroatoms. The molecule has 0 aromatic rings. The Morgan fingerprint density at radius 2 is 1.40 bits per heavy atom. The predicted octanol–water partition coefficient (Wildman–Crippen LogP) is -1.72. The van der Waals surface area contributed by atoms with E-state index in [2.05, 4.69) is 5.73 Å². The third-order valence-corrected chi connectivity index (χ3v) is 0.759. The van der Waals surface area contributed by atoms with E-state index in [9.17, 15) is 8.42 Å². The van der Waals surface area contributed by atoms with E-state index >= 15 is 0 Å². The highest BCUT2D eigenvalue weighted by atomic mass is 32.2. The van der Waals surface area contributed by atoms with Crippen molar-refractivity contribution in [2.45, 2.75) is 0 Å². The molecule has 10 heavy (non-hydrogen) atoms. The lowest BCUT2D eigenvalue weighted by Gasteiger charge is -1.74. The van der Waals surface area contributed by atoms with Crippen LogP contribution in [0.25, 0.3) is 0 Å². The van der Waals surface area contributed by atoms with Gasteiger partial charge in [0.25, 0.3) is 0 Å². The highest BCUT2D eigenvalue weighted by Crippen LogP contribution is 1.59. The van der Waals surface area contributed by atoms with Gasteiger partial charge >= 0.3 is 0 Å². The third kappa shape index (κ3) is 24.2. The molecule has 0 spiro atoms. The lowest BCUT2D eigenvalue weighted by molar-refractivity contribution is 0.354. The first-order valence-electron chi connectivity index (χ1n) is 2.00. The SMILES string of the molecule is NCS(=O)O.O=S(O)CO. The number of rotatable bonds is 2. The summed E-state index contributed by atoms with van der Waals surface area (Å²) in [6, 6.07) is 0. The number of hydrogen-bond donors (Lipinski definition) is 4. The molecule has 0 fully saturated rings. The molecule has 0 aliphatic carbocycles. The highest BCUT2D eigenvalue weighted by Gasteiger charge is 1.77. The van der Waals surface area contributed by atoms with E-state index in [1.165, 1.54) is 0 Å². The van der Waals surface area contributed by atoms with Gasteiger partial charge in [-0.05, 0) is 0 Å². The van der Waals surface area contributed by atoms with Crippen LogP contribution in [0.4, 0.5) is 0 Å². The van der Waals surface area contributed by atoms with E-state index in [0.717, 1.165) is 0 Å². The molecule has 0 rings (SSSR count). The summed E-state index contributed by atoms with van der Waals surface area (Å²) in [6.45, 7) is 0. The van der Waals surface area contributed by atoms with Gasteiger partial charge < -0.3 is 19.9 Å². The van der Waals surface area contributed by atoms with E-state index in [0.29, 0.717) is 0 Å². The summed E-state index contributed by atoms with van der Waals surface area (Å²) in [5.41, 5.74) is 4.62. The number of aliphatic hydroxyl groups excluding tert-OH is 1. The average Bonchev–Trinajstić information content (AvgIpc) is 1.89. The maximum absolute atomic E-state index is 9.35. The molecule has 64 valence electrons. The van der Waals surface area contributed by atoms with Crippen LogP contribution in [0.15, 0.2) is 0 Å². The van der Waals surface area contributed by atoms with Crippen molar-refractivity contribution in [3.63, 3.8) is 0 Å². The van der Waals surface area contributed by atoms with Crippen molar-refractivity contribution in [3.05, 3.63) is 0 Å². The number of hydrogen-bond acceptors (Lipinski definition) is 4. The zero-order valence-electron chi connectivity index (χ0n) is 4.97. The molecular formula is C2H9NO5S2. The summed E-state index contributed by atoms with van der Waals surface area (Å²) in [5.74, 6) is -0.833. The molecule has 0 aliphatic heterocycles. The minimum absolute atomic E-state index is 0.167. The molecule has 0 aliphatic rings. The van der Waals surface area contributed by atoms with Gasteiger partial charge in [0.2, 0.25) is 0 Å². The van der Waals surface area contributed by atoms with Crippen LogP contribution in [0, 0.1) is 0 Å². The van der Waals surface area contributed by atoms with Crippen LogP contribution in [0.1, 0.15) is 0 Å². The summed E-state index contributed by atoms with van der Waals surface area (Å²) >= 11 is -3.81. The Labute approximate surface area is 63.0 Å². The Bertz CT molecular complexity index is 102. The fourth-order valence-electron chi connectivity index (χ4n) is 0. The van der Waals surface area contributed by atoms with Crippen molar-refractivity contribution < 1.29 is 22.6 Å². The van der Waals surface area contributed by atoms with Crippen molar-refractivity contribution >= 4 is 22.2 Å². The normalized spacial score (nSPS) is 14.8. The molecule has 0 saturated heterocycles. The zero-order valence-corrected chi connectivity index (χ0v) is 6.60. The second-order valence-corrected chi connectivity index (χ2v) is 2.82. The molecular weight excluding hydrogens is 182 g/mol. The molecule has 0 heterocycles. The van der Waals surface area contributed by atoms with E-state index in [1.54, 1.807) is 0 Å². The summed E-state index contributed by atoms with van der Waals surface area (Å²) < 4.78 is 33.9. The number of aliphatic hydroxyl groups is 1. The molecule has 5 N–H and O–H groups in total. The summed E-state index contributed by atoms with van der Waals surface area (Å²) in [4.78, 5) is 0. The topological polar surface area (TPSA) is 121 Å². The van der Waals surface area contributed by atoms with Crippen LogP contribution in [-0.2, 0) is 22.2 Å². The van der Waals surface area contributed by atoms with Crippen molar-refractivity contribution in [2.75, 3.05) is 11.8 Å². The molecule has 0 aromatic carbocycles. The highest BCUT2D eigenvalue weighted by molar-refractivity contribution is 7.79. The predicted molar refractivity (Wildman–Crippen MR) is 37.7 cm³/mol.